The van der Waals surface area contributed by atoms with Crippen LogP contribution < -0.4 is 0 Å². The van der Waals surface area contributed by atoms with E-state index >= 15 is 0 Å². The normalized spacial score (nSPS) is 26.8. The lowest BCUT2D eigenvalue weighted by molar-refractivity contribution is -0.490. The molecule has 1 atom stereocenters. The van der Waals surface area contributed by atoms with Crippen molar-refractivity contribution in [1.82, 2.24) is 0 Å². The van der Waals surface area contributed by atoms with Crippen molar-refractivity contribution < 1.29 is 9.31 Å². The third-order valence-corrected chi connectivity index (χ3v) is 1.60. The fourth-order valence-corrected chi connectivity index (χ4v) is 1.20. The minimum atomic E-state index is 0.393. The Morgan fingerprint density at radius 3 is 2.67 bits per heavy atom. The van der Waals surface area contributed by atoms with Crippen LogP contribution in [0.5, 0.6) is 0 Å². The van der Waals surface area contributed by atoms with Gasteiger partial charge in [-0.2, -0.15) is 0 Å². The monoisotopic (exact) mass is 128 g/mol. The van der Waals surface area contributed by atoms with Gasteiger partial charge in [-0.15, -0.1) is 0 Å². The Balaban J connectivity index is 2.58. The van der Waals surface area contributed by atoms with Gasteiger partial charge in [-0.05, 0) is 6.92 Å². The molecular weight excluding hydrogens is 114 g/mol. The minimum Gasteiger partial charge on any atom is -0.438 e. The fraction of sp³-hybridized carbons (Fsp3) is 0.857. The number of ether oxygens (including phenoxy) is 1. The van der Waals surface area contributed by atoms with E-state index in [2.05, 4.69) is 25.5 Å². The van der Waals surface area contributed by atoms with Gasteiger partial charge in [0.2, 0.25) is 0 Å². The van der Waals surface area contributed by atoms with E-state index in [1.807, 2.05) is 0 Å². The summed E-state index contributed by atoms with van der Waals surface area (Å²) in [6.45, 7) is 5.26. The number of hydrogen-bond acceptors (Lipinski definition) is 1. The summed E-state index contributed by atoms with van der Waals surface area (Å²) in [7, 11) is 2.07. The van der Waals surface area contributed by atoms with Gasteiger partial charge in [0.1, 0.15) is 7.05 Å². The van der Waals surface area contributed by atoms with Crippen molar-refractivity contribution in [3.63, 3.8) is 0 Å². The second-order valence-electron chi connectivity index (χ2n) is 2.56. The first-order chi connectivity index (χ1) is 4.24. The molecule has 0 fully saturated rings. The van der Waals surface area contributed by atoms with Gasteiger partial charge >= 0.3 is 5.90 Å². The van der Waals surface area contributed by atoms with Gasteiger partial charge in [0, 0.05) is 0 Å². The Morgan fingerprint density at radius 2 is 2.44 bits per heavy atom. The van der Waals surface area contributed by atoms with E-state index in [4.69, 9.17) is 4.74 Å². The topological polar surface area (TPSA) is 12.2 Å². The maximum absolute atomic E-state index is 5.47. The highest BCUT2D eigenvalue weighted by atomic mass is 16.5. The molecule has 0 amide bonds. The summed E-state index contributed by atoms with van der Waals surface area (Å²) in [4.78, 5) is 0. The van der Waals surface area contributed by atoms with Crippen LogP contribution in [-0.2, 0) is 4.74 Å². The molecule has 0 aromatic rings. The van der Waals surface area contributed by atoms with Crippen LogP contribution in [-0.4, -0.2) is 30.2 Å². The Bertz CT molecular complexity index is 140. The van der Waals surface area contributed by atoms with Crippen molar-refractivity contribution in [1.29, 1.82) is 0 Å². The van der Waals surface area contributed by atoms with Gasteiger partial charge in [-0.25, -0.2) is 4.58 Å². The zero-order valence-electron chi connectivity index (χ0n) is 6.35. The van der Waals surface area contributed by atoms with Crippen LogP contribution in [0.3, 0.4) is 0 Å². The number of rotatable bonds is 1. The van der Waals surface area contributed by atoms with E-state index in [0.29, 0.717) is 6.10 Å². The number of nitrogens with zero attached hydrogens (tertiary/aromatic N) is 1. The molecule has 9 heavy (non-hydrogen) atoms. The second kappa shape index (κ2) is 2.38. The minimum absolute atomic E-state index is 0.393. The molecule has 0 aromatic carbocycles. The molecule has 52 valence electrons. The summed E-state index contributed by atoms with van der Waals surface area (Å²) in [6, 6.07) is 0. The Morgan fingerprint density at radius 1 is 1.78 bits per heavy atom. The average molecular weight is 128 g/mol. The molecule has 1 unspecified atom stereocenters. The lowest BCUT2D eigenvalue weighted by atomic mass is 10.4. The molecule has 0 bridgehead atoms. The summed E-state index contributed by atoms with van der Waals surface area (Å²) in [5, 5.41) is 0. The molecule has 0 aliphatic carbocycles. The molecule has 0 saturated carbocycles. The van der Waals surface area contributed by atoms with E-state index in [0.717, 1.165) is 18.9 Å². The van der Waals surface area contributed by atoms with Crippen LogP contribution in [0.25, 0.3) is 0 Å². The second-order valence-corrected chi connectivity index (χ2v) is 2.56. The standard InChI is InChI=1S/C7H14NO/c1-4-7-8(3)5-6(2)9-7/h6H,4-5H2,1-3H3/q+1. The zero-order valence-corrected chi connectivity index (χ0v) is 6.35. The molecule has 0 radical (unpaired) electrons. The Kier molecular flexibility index (Phi) is 1.74. The van der Waals surface area contributed by atoms with E-state index in [-0.39, 0.29) is 0 Å². The molecule has 1 heterocycles. The predicted octanol–water partition coefficient (Wildman–Crippen LogP) is 0.856. The maximum Gasteiger partial charge on any atom is 0.336 e. The molecule has 1 aliphatic rings. The molecule has 0 N–H and O–H groups in total. The molecule has 0 saturated heterocycles. The fourth-order valence-electron chi connectivity index (χ4n) is 1.20. The van der Waals surface area contributed by atoms with Gasteiger partial charge in [-0.1, -0.05) is 6.92 Å². The van der Waals surface area contributed by atoms with E-state index < -0.39 is 0 Å². The average Bonchev–Trinajstić information content (AvgIpc) is 2.10. The quantitative estimate of drug-likeness (QED) is 0.477. The zero-order chi connectivity index (χ0) is 6.85. The first kappa shape index (κ1) is 6.59. The van der Waals surface area contributed by atoms with Gasteiger partial charge in [0.05, 0.1) is 6.42 Å². The van der Waals surface area contributed by atoms with Gasteiger partial charge in [-0.3, -0.25) is 0 Å². The summed E-state index contributed by atoms with van der Waals surface area (Å²) >= 11 is 0. The first-order valence-electron chi connectivity index (χ1n) is 3.47. The van der Waals surface area contributed by atoms with Gasteiger partial charge in [0.15, 0.2) is 12.6 Å². The van der Waals surface area contributed by atoms with Crippen molar-refractivity contribution in [3.8, 4) is 0 Å². The van der Waals surface area contributed by atoms with Crippen molar-refractivity contribution in [2.45, 2.75) is 26.4 Å². The first-order valence-corrected chi connectivity index (χ1v) is 3.47. The van der Waals surface area contributed by atoms with Crippen LogP contribution in [0.4, 0.5) is 0 Å². The van der Waals surface area contributed by atoms with Crippen LogP contribution >= 0.6 is 0 Å². The Hall–Kier alpha value is -0.530. The molecule has 0 spiro atoms. The van der Waals surface area contributed by atoms with Crippen LogP contribution in [0.1, 0.15) is 20.3 Å². The van der Waals surface area contributed by atoms with Crippen molar-refractivity contribution in [2.75, 3.05) is 13.6 Å². The van der Waals surface area contributed by atoms with E-state index in [9.17, 15) is 0 Å². The van der Waals surface area contributed by atoms with E-state index in [1.54, 1.807) is 0 Å². The summed E-state index contributed by atoms with van der Waals surface area (Å²) in [6.07, 6.45) is 1.41. The third kappa shape index (κ3) is 1.23. The smallest absolute Gasteiger partial charge is 0.336 e. The number of hydrogen-bond donors (Lipinski definition) is 0. The maximum atomic E-state index is 5.47. The lowest BCUT2D eigenvalue weighted by Gasteiger charge is -1.95. The summed E-state index contributed by atoms with van der Waals surface area (Å²) < 4.78 is 7.64. The molecule has 2 heteroatoms. The third-order valence-electron chi connectivity index (χ3n) is 1.60. The van der Waals surface area contributed by atoms with E-state index in [1.165, 1.54) is 0 Å². The lowest BCUT2D eigenvalue weighted by Crippen LogP contribution is -2.10. The van der Waals surface area contributed by atoms with Crippen molar-refractivity contribution >= 4 is 5.90 Å². The highest BCUT2D eigenvalue weighted by Crippen LogP contribution is 2.03. The highest BCUT2D eigenvalue weighted by Gasteiger charge is 2.24. The molecule has 1 aliphatic heterocycles. The largest absolute Gasteiger partial charge is 0.438 e. The van der Waals surface area contributed by atoms with Crippen LogP contribution in [0.15, 0.2) is 0 Å². The molecule has 1 rings (SSSR count). The SMILES string of the molecule is CCC1=[N+](C)CC(C)O1. The summed E-state index contributed by atoms with van der Waals surface area (Å²) in [5.74, 6) is 1.13. The molecule has 2 nitrogen and oxygen atoms in total. The predicted molar refractivity (Wildman–Crippen MR) is 36.9 cm³/mol. The van der Waals surface area contributed by atoms with Crippen molar-refractivity contribution in [3.05, 3.63) is 0 Å². The van der Waals surface area contributed by atoms with Crippen LogP contribution in [0.2, 0.25) is 0 Å². The summed E-state index contributed by atoms with van der Waals surface area (Å²) in [5.41, 5.74) is 0. The van der Waals surface area contributed by atoms with Gasteiger partial charge < -0.3 is 4.74 Å². The van der Waals surface area contributed by atoms with Crippen LogP contribution in [0, 0.1) is 0 Å². The van der Waals surface area contributed by atoms with Gasteiger partial charge in [0.25, 0.3) is 0 Å². The molecule has 0 aromatic heterocycles. The molecular formula is C7H14NO+. The Labute approximate surface area is 56.1 Å². The number of likely N-dealkylation sites (N-methyl/N-ethyl adjacent to an activating group) is 1. The van der Waals surface area contributed by atoms with Crippen molar-refractivity contribution in [2.24, 2.45) is 0 Å². The highest BCUT2D eigenvalue weighted by molar-refractivity contribution is 5.71.